The fourth-order valence-electron chi connectivity index (χ4n) is 4.46. The Morgan fingerprint density at radius 1 is 0.973 bits per heavy atom. The van der Waals surface area contributed by atoms with E-state index in [1.165, 1.54) is 17.0 Å². The number of likely N-dealkylation sites (tertiary alicyclic amines) is 1. The largest absolute Gasteiger partial charge is 0.508 e. The summed E-state index contributed by atoms with van der Waals surface area (Å²) >= 11 is 0. The van der Waals surface area contributed by atoms with Gasteiger partial charge in [-0.3, -0.25) is 9.59 Å². The molecule has 2 heterocycles. The van der Waals surface area contributed by atoms with E-state index in [2.05, 4.69) is 0 Å². The molecule has 2 aliphatic rings. The molecule has 1 atom stereocenters. The molecule has 2 N–H and O–H groups in total. The van der Waals surface area contributed by atoms with Gasteiger partial charge >= 0.3 is 0 Å². The number of carbonyl (C=O) groups is 2. The maximum Gasteiger partial charge on any atom is 0.295 e. The summed E-state index contributed by atoms with van der Waals surface area (Å²) in [6, 6.07) is 17.5. The quantitative estimate of drug-likeness (QED) is 0.290. The summed E-state index contributed by atoms with van der Waals surface area (Å²) in [4.78, 5) is 28.0. The van der Waals surface area contributed by atoms with Crippen LogP contribution in [-0.4, -0.2) is 39.2 Å². The molecule has 1 amide bonds. The number of rotatable bonds is 5. The molecule has 3 aromatic carbocycles. The molecule has 2 aliphatic heterocycles. The molecular formula is C29H27NO7. The van der Waals surface area contributed by atoms with Crippen molar-refractivity contribution in [2.75, 3.05) is 6.79 Å². The van der Waals surface area contributed by atoms with E-state index in [0.29, 0.717) is 28.4 Å². The summed E-state index contributed by atoms with van der Waals surface area (Å²) in [5, 5.41) is 21.1. The van der Waals surface area contributed by atoms with Gasteiger partial charge in [0.05, 0.1) is 11.6 Å². The first-order valence-electron chi connectivity index (χ1n) is 11.9. The minimum atomic E-state index is -0.864. The van der Waals surface area contributed by atoms with Crippen LogP contribution in [0.5, 0.6) is 23.0 Å². The smallest absolute Gasteiger partial charge is 0.295 e. The summed E-state index contributed by atoms with van der Waals surface area (Å²) in [5.74, 6) is -0.118. The van der Waals surface area contributed by atoms with Crippen LogP contribution in [0, 0.1) is 0 Å². The Morgan fingerprint density at radius 2 is 1.65 bits per heavy atom. The lowest BCUT2D eigenvalue weighted by Crippen LogP contribution is -2.29. The minimum Gasteiger partial charge on any atom is -0.508 e. The summed E-state index contributed by atoms with van der Waals surface area (Å²) in [7, 11) is 0. The van der Waals surface area contributed by atoms with Gasteiger partial charge in [0.25, 0.3) is 11.7 Å². The second-order valence-electron chi connectivity index (χ2n) is 9.94. The summed E-state index contributed by atoms with van der Waals surface area (Å²) in [5.41, 5.74) is 1.30. The van der Waals surface area contributed by atoms with Crippen LogP contribution in [0.3, 0.4) is 0 Å². The van der Waals surface area contributed by atoms with Crippen LogP contribution in [0.25, 0.3) is 5.76 Å². The number of phenolic OH excluding ortho intramolecular Hbond substituents is 1. The van der Waals surface area contributed by atoms with Crippen molar-refractivity contribution >= 4 is 17.4 Å². The van der Waals surface area contributed by atoms with E-state index >= 15 is 0 Å². The zero-order chi connectivity index (χ0) is 26.3. The number of ether oxygens (including phenoxy) is 3. The van der Waals surface area contributed by atoms with E-state index in [1.807, 2.05) is 45.0 Å². The fourth-order valence-corrected chi connectivity index (χ4v) is 4.46. The van der Waals surface area contributed by atoms with Gasteiger partial charge in [-0.1, -0.05) is 24.3 Å². The molecule has 0 radical (unpaired) electrons. The van der Waals surface area contributed by atoms with E-state index in [0.717, 1.165) is 5.56 Å². The third-order valence-electron chi connectivity index (χ3n) is 6.10. The number of benzene rings is 3. The fraction of sp³-hybridized carbons (Fsp3) is 0.241. The molecule has 37 heavy (non-hydrogen) atoms. The monoisotopic (exact) mass is 501 g/mol. The van der Waals surface area contributed by atoms with Crippen LogP contribution in [0.1, 0.15) is 43.5 Å². The van der Waals surface area contributed by atoms with E-state index in [-0.39, 0.29) is 36.0 Å². The van der Waals surface area contributed by atoms with Gasteiger partial charge in [0.1, 0.15) is 22.9 Å². The average Bonchev–Trinajstić information content (AvgIpc) is 3.42. The van der Waals surface area contributed by atoms with Crippen LogP contribution >= 0.6 is 0 Å². The van der Waals surface area contributed by atoms with Crippen molar-refractivity contribution in [2.24, 2.45) is 0 Å². The summed E-state index contributed by atoms with van der Waals surface area (Å²) in [6.45, 7) is 6.06. The van der Waals surface area contributed by atoms with E-state index in [1.54, 1.807) is 30.3 Å². The van der Waals surface area contributed by atoms with Crippen molar-refractivity contribution in [1.82, 2.24) is 4.90 Å². The minimum absolute atomic E-state index is 0.0396. The van der Waals surface area contributed by atoms with Crippen molar-refractivity contribution in [1.29, 1.82) is 0 Å². The van der Waals surface area contributed by atoms with Crippen LogP contribution in [-0.2, 0) is 16.1 Å². The highest BCUT2D eigenvalue weighted by Crippen LogP contribution is 2.42. The highest BCUT2D eigenvalue weighted by atomic mass is 16.7. The molecule has 190 valence electrons. The van der Waals surface area contributed by atoms with E-state index in [4.69, 9.17) is 14.2 Å². The van der Waals surface area contributed by atoms with Gasteiger partial charge in [-0.25, -0.2) is 0 Å². The Bertz CT molecular complexity index is 1390. The Labute approximate surface area is 214 Å². The third-order valence-corrected chi connectivity index (χ3v) is 6.10. The van der Waals surface area contributed by atoms with E-state index in [9.17, 15) is 19.8 Å². The number of aromatic hydroxyl groups is 1. The van der Waals surface area contributed by atoms with Gasteiger partial charge in [-0.15, -0.1) is 0 Å². The maximum absolute atomic E-state index is 13.3. The molecule has 1 fully saturated rings. The third kappa shape index (κ3) is 4.82. The van der Waals surface area contributed by atoms with E-state index < -0.39 is 17.7 Å². The molecular weight excluding hydrogens is 474 g/mol. The van der Waals surface area contributed by atoms with Crippen LogP contribution in [0.15, 0.2) is 72.3 Å². The predicted octanol–water partition coefficient (Wildman–Crippen LogP) is 4.92. The first-order valence-corrected chi connectivity index (χ1v) is 11.9. The second kappa shape index (κ2) is 9.20. The number of Topliss-reactive ketones (excluding diaryl/α,β-unsaturated/α-hetero) is 1. The molecule has 5 rings (SSSR count). The van der Waals surface area contributed by atoms with Gasteiger partial charge in [0.2, 0.25) is 6.79 Å². The number of aliphatic hydroxyl groups excluding tert-OH is 1. The second-order valence-corrected chi connectivity index (χ2v) is 9.94. The van der Waals surface area contributed by atoms with Crippen molar-refractivity contribution < 1.29 is 34.0 Å². The van der Waals surface area contributed by atoms with Gasteiger partial charge in [-0.05, 0) is 74.4 Å². The highest BCUT2D eigenvalue weighted by molar-refractivity contribution is 6.46. The molecule has 3 aromatic rings. The molecule has 8 nitrogen and oxygen atoms in total. The van der Waals surface area contributed by atoms with Gasteiger partial charge in [0, 0.05) is 12.1 Å². The molecule has 1 unspecified atom stereocenters. The Kier molecular flexibility index (Phi) is 6.03. The van der Waals surface area contributed by atoms with Gasteiger partial charge in [-0.2, -0.15) is 0 Å². The molecule has 0 aliphatic carbocycles. The SMILES string of the molecule is CC(C)(C)Oc1ccc(CN2C(=O)C(=O)/C(=C(\O)c3ccc4c(c3)OCO4)C2c2ccc(O)cc2)cc1. The molecule has 1 saturated heterocycles. The molecule has 0 spiro atoms. The topological polar surface area (TPSA) is 106 Å². The van der Waals surface area contributed by atoms with Crippen LogP contribution in [0.4, 0.5) is 0 Å². The Hall–Kier alpha value is -4.46. The molecule has 0 saturated carbocycles. The number of carbonyl (C=O) groups excluding carboxylic acids is 2. The lowest BCUT2D eigenvalue weighted by atomic mass is 9.95. The van der Waals surface area contributed by atoms with Crippen molar-refractivity contribution in [3.05, 3.63) is 89.0 Å². The van der Waals surface area contributed by atoms with Gasteiger partial charge in [0.15, 0.2) is 11.5 Å². The number of hydrogen-bond acceptors (Lipinski definition) is 7. The highest BCUT2D eigenvalue weighted by Gasteiger charge is 2.46. The predicted molar refractivity (Wildman–Crippen MR) is 135 cm³/mol. The number of phenols is 1. The van der Waals surface area contributed by atoms with Crippen LogP contribution < -0.4 is 14.2 Å². The summed E-state index contributed by atoms with van der Waals surface area (Å²) in [6.07, 6.45) is 0. The van der Waals surface area contributed by atoms with Crippen molar-refractivity contribution in [3.63, 3.8) is 0 Å². The van der Waals surface area contributed by atoms with Crippen molar-refractivity contribution in [2.45, 2.75) is 39.0 Å². The molecule has 0 aromatic heterocycles. The average molecular weight is 502 g/mol. The number of hydrogen-bond donors (Lipinski definition) is 2. The normalized spacial score (nSPS) is 18.4. The van der Waals surface area contributed by atoms with Crippen molar-refractivity contribution in [3.8, 4) is 23.0 Å². The number of nitrogens with zero attached hydrogens (tertiary/aromatic N) is 1. The zero-order valence-electron chi connectivity index (χ0n) is 20.7. The first-order chi connectivity index (χ1) is 17.6. The first kappa shape index (κ1) is 24.2. The zero-order valence-corrected chi connectivity index (χ0v) is 20.7. The van der Waals surface area contributed by atoms with Crippen LogP contribution in [0.2, 0.25) is 0 Å². The Morgan fingerprint density at radius 3 is 2.32 bits per heavy atom. The number of aliphatic hydroxyl groups is 1. The molecule has 8 heteroatoms. The number of ketones is 1. The Balaban J connectivity index is 1.54. The number of amides is 1. The number of fused-ring (bicyclic) bond motifs is 1. The van der Waals surface area contributed by atoms with Gasteiger partial charge < -0.3 is 29.3 Å². The summed E-state index contributed by atoms with van der Waals surface area (Å²) < 4.78 is 16.6. The lowest BCUT2D eigenvalue weighted by molar-refractivity contribution is -0.140. The maximum atomic E-state index is 13.3. The molecule has 0 bridgehead atoms. The lowest BCUT2D eigenvalue weighted by Gasteiger charge is -2.26. The standard InChI is InChI=1S/C29H27NO7/c1-29(2,3)37-21-11-4-17(5-12-21)15-30-25(18-6-9-20(31)10-7-18)24(27(33)28(30)34)26(32)19-8-13-22-23(14-19)36-16-35-22/h4-14,25,31-32H,15-16H2,1-3H3/b26-24-.